The van der Waals surface area contributed by atoms with Gasteiger partial charge in [0.15, 0.2) is 5.69 Å². The van der Waals surface area contributed by atoms with Gasteiger partial charge in [0.1, 0.15) is 16.8 Å². The smallest absolute Gasteiger partial charge is 0.434 e. The predicted molar refractivity (Wildman–Crippen MR) is 87.5 cm³/mol. The Morgan fingerprint density at radius 2 is 1.71 bits per heavy atom. The number of esters is 2. The van der Waals surface area contributed by atoms with Gasteiger partial charge in [-0.1, -0.05) is 0 Å². The summed E-state index contributed by atoms with van der Waals surface area (Å²) in [5.41, 5.74) is -6.61. The number of hydrogen-bond donors (Lipinski definition) is 1. The molecule has 1 aliphatic carbocycles. The summed E-state index contributed by atoms with van der Waals surface area (Å²) in [6.07, 6.45) is -3.57. The van der Waals surface area contributed by atoms with E-state index >= 15 is 0 Å². The van der Waals surface area contributed by atoms with Crippen LogP contribution in [-0.2, 0) is 21.0 Å². The number of anilines is 1. The first-order valence-corrected chi connectivity index (χ1v) is 8.53. The maximum Gasteiger partial charge on any atom is 0.434 e. The predicted octanol–water partition coefficient (Wildman–Crippen LogP) is 4.32. The molecule has 0 spiro atoms. The van der Waals surface area contributed by atoms with E-state index < -0.39 is 57.7 Å². The molecule has 1 fully saturated rings. The van der Waals surface area contributed by atoms with Crippen molar-refractivity contribution in [2.45, 2.75) is 43.8 Å². The highest BCUT2D eigenvalue weighted by Gasteiger charge is 2.47. The molecular weight excluding hydrogens is 415 g/mol. The lowest BCUT2D eigenvalue weighted by Crippen LogP contribution is -2.33. The number of halogens is 6. The van der Waals surface area contributed by atoms with Crippen molar-refractivity contribution in [3.63, 3.8) is 0 Å². The lowest BCUT2D eigenvalue weighted by Gasteiger charge is -2.30. The second-order valence-electron chi connectivity index (χ2n) is 5.91. The number of alkyl halides is 6. The number of nitrogens with one attached hydrogen (secondary N) is 1. The van der Waals surface area contributed by atoms with E-state index in [9.17, 15) is 31.5 Å². The van der Waals surface area contributed by atoms with E-state index in [1.165, 1.54) is 6.92 Å². The number of hydrogen-bond acceptors (Lipinski definition) is 6. The van der Waals surface area contributed by atoms with Gasteiger partial charge in [-0.25, -0.2) is 14.6 Å². The summed E-state index contributed by atoms with van der Waals surface area (Å²) >= 11 is 4.92. The van der Waals surface area contributed by atoms with Crippen molar-refractivity contribution in [2.75, 3.05) is 19.0 Å². The first-order chi connectivity index (χ1) is 12.9. The molecule has 1 heterocycles. The lowest BCUT2D eigenvalue weighted by molar-refractivity contribution is -0.142. The maximum atomic E-state index is 13.9. The summed E-state index contributed by atoms with van der Waals surface area (Å²) < 4.78 is 77.4. The summed E-state index contributed by atoms with van der Waals surface area (Å²) in [5, 5.41) is -1.88. The first kappa shape index (κ1) is 22.1. The minimum Gasteiger partial charge on any atom is -0.465 e. The Bertz CT molecular complexity index is 776. The van der Waals surface area contributed by atoms with Gasteiger partial charge in [-0.3, -0.25) is 0 Å². The fraction of sp³-hybridized carbons (Fsp3) is 0.562. The van der Waals surface area contributed by atoms with Crippen LogP contribution in [-0.4, -0.2) is 36.7 Å². The Balaban J connectivity index is 2.92. The highest BCUT2D eigenvalue weighted by atomic mass is 35.5. The third-order valence-electron chi connectivity index (χ3n) is 4.06. The average Bonchev–Trinajstić information content (AvgIpc) is 2.54. The number of pyridine rings is 1. The van der Waals surface area contributed by atoms with E-state index in [1.54, 1.807) is 0 Å². The van der Waals surface area contributed by atoms with Crippen molar-refractivity contribution in [2.24, 2.45) is 0 Å². The molecule has 1 N–H and O–H groups in total. The number of nitrogens with zero attached hydrogens (tertiary/aromatic N) is 1. The Labute approximate surface area is 161 Å². The summed E-state index contributed by atoms with van der Waals surface area (Å²) in [5.74, 6) is -2.90. The van der Waals surface area contributed by atoms with E-state index in [0.717, 1.165) is 13.5 Å². The Morgan fingerprint density at radius 3 is 2.11 bits per heavy atom. The molecule has 0 radical (unpaired) electrons. The van der Waals surface area contributed by atoms with Crippen LogP contribution >= 0.6 is 11.6 Å². The van der Waals surface area contributed by atoms with Gasteiger partial charge < -0.3 is 14.8 Å². The molecule has 0 bridgehead atoms. The standard InChI is InChI=1S/C16H16ClF5N2O4/c1-3-28-14(26)9-10(23-7-5-4-6-7)8(13(25)27-2)11(15(17,18)19)24-12(9)16(20,21)22/h7H,3-6H2,1-2H3,(H,23,24). The molecule has 1 aromatic rings. The summed E-state index contributed by atoms with van der Waals surface area (Å²) in [6, 6.07) is -0.433. The number of carbonyl (C=O) groups excluding carboxylic acids is 2. The van der Waals surface area contributed by atoms with Crippen LogP contribution in [0.25, 0.3) is 0 Å². The highest BCUT2D eigenvalue weighted by molar-refractivity contribution is 6.22. The van der Waals surface area contributed by atoms with Gasteiger partial charge in [-0.2, -0.15) is 22.0 Å². The van der Waals surface area contributed by atoms with Gasteiger partial charge >= 0.3 is 23.5 Å². The Hall–Kier alpha value is -2.17. The summed E-state index contributed by atoms with van der Waals surface area (Å²) in [6.45, 7) is 1.06. The molecule has 28 heavy (non-hydrogen) atoms. The number of rotatable bonds is 6. The van der Waals surface area contributed by atoms with Crippen molar-refractivity contribution in [1.82, 2.24) is 4.98 Å². The fourth-order valence-corrected chi connectivity index (χ4v) is 2.74. The summed E-state index contributed by atoms with van der Waals surface area (Å²) in [7, 11) is 0.841. The number of ether oxygens (including phenoxy) is 2. The van der Waals surface area contributed by atoms with Crippen LogP contribution in [0.2, 0.25) is 0 Å². The number of methoxy groups -OCH3 is 1. The van der Waals surface area contributed by atoms with Crippen LogP contribution in [0, 0.1) is 0 Å². The quantitative estimate of drug-likeness (QED) is 0.411. The van der Waals surface area contributed by atoms with Crippen LogP contribution in [0.15, 0.2) is 0 Å². The maximum absolute atomic E-state index is 13.9. The number of aromatic nitrogens is 1. The molecule has 0 aromatic carbocycles. The van der Waals surface area contributed by atoms with E-state index in [0.29, 0.717) is 12.8 Å². The third kappa shape index (κ3) is 4.45. The molecule has 12 heteroatoms. The Kier molecular flexibility index (Phi) is 6.37. The second-order valence-corrected chi connectivity index (χ2v) is 6.39. The molecule has 0 saturated heterocycles. The van der Waals surface area contributed by atoms with Gasteiger partial charge in [0.2, 0.25) is 0 Å². The Morgan fingerprint density at radius 1 is 1.14 bits per heavy atom. The van der Waals surface area contributed by atoms with Crippen molar-refractivity contribution in [3.8, 4) is 0 Å². The first-order valence-electron chi connectivity index (χ1n) is 8.16. The molecular formula is C16H16ClF5N2O4. The third-order valence-corrected chi connectivity index (χ3v) is 4.24. The van der Waals surface area contributed by atoms with Crippen molar-refractivity contribution in [3.05, 3.63) is 22.5 Å². The average molecular weight is 431 g/mol. The molecule has 2 rings (SSSR count). The van der Waals surface area contributed by atoms with Crippen LogP contribution in [0.4, 0.5) is 27.6 Å². The van der Waals surface area contributed by atoms with E-state index in [-0.39, 0.29) is 6.61 Å². The van der Waals surface area contributed by atoms with Crippen LogP contribution in [0.3, 0.4) is 0 Å². The summed E-state index contributed by atoms with van der Waals surface area (Å²) in [4.78, 5) is 27.3. The van der Waals surface area contributed by atoms with E-state index in [2.05, 4.69) is 19.8 Å². The van der Waals surface area contributed by atoms with E-state index in [4.69, 9.17) is 11.6 Å². The highest BCUT2D eigenvalue weighted by Crippen LogP contribution is 2.43. The molecule has 1 aliphatic rings. The zero-order valence-electron chi connectivity index (χ0n) is 14.8. The number of carbonyl (C=O) groups is 2. The van der Waals surface area contributed by atoms with Gasteiger partial charge in [0, 0.05) is 6.04 Å². The van der Waals surface area contributed by atoms with Crippen LogP contribution in [0.5, 0.6) is 0 Å². The molecule has 0 atom stereocenters. The molecule has 6 nitrogen and oxygen atoms in total. The second kappa shape index (κ2) is 8.06. The van der Waals surface area contributed by atoms with Gasteiger partial charge in [0.05, 0.1) is 19.4 Å². The molecule has 0 unspecified atom stereocenters. The topological polar surface area (TPSA) is 77.5 Å². The van der Waals surface area contributed by atoms with Crippen molar-refractivity contribution in [1.29, 1.82) is 0 Å². The zero-order valence-corrected chi connectivity index (χ0v) is 15.5. The van der Waals surface area contributed by atoms with Gasteiger partial charge in [0.25, 0.3) is 0 Å². The van der Waals surface area contributed by atoms with Gasteiger partial charge in [-0.05, 0) is 37.8 Å². The van der Waals surface area contributed by atoms with Gasteiger partial charge in [-0.15, -0.1) is 0 Å². The molecule has 156 valence electrons. The monoisotopic (exact) mass is 430 g/mol. The van der Waals surface area contributed by atoms with E-state index in [1.807, 2.05) is 0 Å². The lowest BCUT2D eigenvalue weighted by atomic mass is 9.91. The SMILES string of the molecule is CCOC(=O)c1c(C(F)(F)F)nc(C(F)(F)Cl)c(C(=O)OC)c1NC1CCC1. The van der Waals surface area contributed by atoms with Crippen LogP contribution in [0.1, 0.15) is 58.3 Å². The zero-order chi connectivity index (χ0) is 21.3. The largest absolute Gasteiger partial charge is 0.465 e. The van der Waals surface area contributed by atoms with Crippen LogP contribution < -0.4 is 5.32 Å². The molecule has 1 aromatic heterocycles. The van der Waals surface area contributed by atoms with Crippen molar-refractivity contribution >= 4 is 29.2 Å². The van der Waals surface area contributed by atoms with Crippen molar-refractivity contribution < 1.29 is 41.0 Å². The molecule has 0 amide bonds. The molecule has 0 aliphatic heterocycles. The fourth-order valence-electron chi connectivity index (χ4n) is 2.60. The minimum atomic E-state index is -5.30. The normalized spacial score (nSPS) is 15.0. The minimum absolute atomic E-state index is 0.292. The molecule has 1 saturated carbocycles.